The molecule has 1 fully saturated rings. The molecule has 0 spiro atoms. The van der Waals surface area contributed by atoms with E-state index in [1.54, 1.807) is 7.11 Å². The van der Waals surface area contributed by atoms with Crippen molar-refractivity contribution in [2.45, 2.75) is 32.3 Å². The van der Waals surface area contributed by atoms with Crippen LogP contribution in [-0.2, 0) is 0 Å². The highest BCUT2D eigenvalue weighted by atomic mass is 16.5. The van der Waals surface area contributed by atoms with E-state index in [0.717, 1.165) is 24.4 Å². The van der Waals surface area contributed by atoms with Gasteiger partial charge in [-0.25, -0.2) is 0 Å². The van der Waals surface area contributed by atoms with E-state index in [1.165, 1.54) is 5.56 Å². The minimum absolute atomic E-state index is 0.204. The molecule has 0 unspecified atom stereocenters. The Kier molecular flexibility index (Phi) is 3.57. The molecule has 3 nitrogen and oxygen atoms in total. The molecule has 3 heteroatoms. The van der Waals surface area contributed by atoms with Crippen LogP contribution in [0.1, 0.15) is 31.7 Å². The molecule has 94 valence electrons. The van der Waals surface area contributed by atoms with Gasteiger partial charge in [-0.05, 0) is 30.0 Å². The van der Waals surface area contributed by atoms with Crippen molar-refractivity contribution in [2.24, 2.45) is 0 Å². The van der Waals surface area contributed by atoms with E-state index in [2.05, 4.69) is 36.9 Å². The normalized spacial score (nSPS) is 20.1. The van der Waals surface area contributed by atoms with Crippen molar-refractivity contribution in [1.82, 2.24) is 0 Å². The van der Waals surface area contributed by atoms with Gasteiger partial charge in [-0.1, -0.05) is 19.9 Å². The van der Waals surface area contributed by atoms with E-state index in [1.807, 2.05) is 0 Å². The topological polar surface area (TPSA) is 32.7 Å². The van der Waals surface area contributed by atoms with Gasteiger partial charge < -0.3 is 14.7 Å². The first-order valence-electron chi connectivity index (χ1n) is 6.22. The average molecular weight is 235 g/mol. The molecule has 0 radical (unpaired) electrons. The third-order valence-corrected chi connectivity index (χ3v) is 3.37. The van der Waals surface area contributed by atoms with Gasteiger partial charge in [0.2, 0.25) is 0 Å². The van der Waals surface area contributed by atoms with Gasteiger partial charge in [-0.15, -0.1) is 0 Å². The lowest BCUT2D eigenvalue weighted by Gasteiger charge is -2.21. The number of aliphatic hydroxyl groups is 1. The number of benzene rings is 1. The molecule has 0 bridgehead atoms. The molecule has 1 heterocycles. The van der Waals surface area contributed by atoms with Gasteiger partial charge in [0.1, 0.15) is 5.75 Å². The molecular weight excluding hydrogens is 214 g/mol. The molecule has 0 aromatic heterocycles. The monoisotopic (exact) mass is 235 g/mol. The molecule has 1 atom stereocenters. The van der Waals surface area contributed by atoms with Crippen LogP contribution in [0.15, 0.2) is 18.2 Å². The number of ether oxygens (including phenoxy) is 1. The van der Waals surface area contributed by atoms with Crippen LogP contribution in [0, 0.1) is 0 Å². The maximum Gasteiger partial charge on any atom is 0.142 e. The van der Waals surface area contributed by atoms with Gasteiger partial charge in [0, 0.05) is 13.1 Å². The van der Waals surface area contributed by atoms with Crippen LogP contribution in [0.3, 0.4) is 0 Å². The van der Waals surface area contributed by atoms with Crippen molar-refractivity contribution in [3.8, 4) is 5.75 Å². The van der Waals surface area contributed by atoms with Gasteiger partial charge in [-0.2, -0.15) is 0 Å². The Labute approximate surface area is 103 Å². The molecule has 0 aliphatic carbocycles. The molecule has 0 amide bonds. The largest absolute Gasteiger partial charge is 0.495 e. The molecule has 1 N–H and O–H groups in total. The van der Waals surface area contributed by atoms with E-state index in [9.17, 15) is 5.11 Å². The Morgan fingerprint density at radius 3 is 2.71 bits per heavy atom. The SMILES string of the molecule is COc1cc(C(C)C)ccc1N1CC[C@@H](O)C1. The van der Waals surface area contributed by atoms with E-state index >= 15 is 0 Å². The number of hydrogen-bond donors (Lipinski definition) is 1. The zero-order valence-electron chi connectivity index (χ0n) is 10.8. The summed E-state index contributed by atoms with van der Waals surface area (Å²) in [7, 11) is 1.70. The predicted octanol–water partition coefficient (Wildman–Crippen LogP) is 2.39. The Morgan fingerprint density at radius 1 is 1.41 bits per heavy atom. The van der Waals surface area contributed by atoms with E-state index in [4.69, 9.17) is 4.74 Å². The van der Waals surface area contributed by atoms with Gasteiger partial charge in [0.25, 0.3) is 0 Å². The molecule has 1 aromatic rings. The Morgan fingerprint density at radius 2 is 2.18 bits per heavy atom. The molecule has 0 saturated carbocycles. The summed E-state index contributed by atoms with van der Waals surface area (Å²) in [4.78, 5) is 2.19. The minimum Gasteiger partial charge on any atom is -0.495 e. The van der Waals surface area contributed by atoms with Gasteiger partial charge in [0.15, 0.2) is 0 Å². The van der Waals surface area contributed by atoms with Crippen molar-refractivity contribution < 1.29 is 9.84 Å². The molecule has 1 aromatic carbocycles. The Balaban J connectivity index is 2.28. The van der Waals surface area contributed by atoms with Crippen LogP contribution in [0.4, 0.5) is 5.69 Å². The number of hydrogen-bond acceptors (Lipinski definition) is 3. The van der Waals surface area contributed by atoms with Crippen LogP contribution >= 0.6 is 0 Å². The molecule has 1 aliphatic rings. The van der Waals surface area contributed by atoms with E-state index in [-0.39, 0.29) is 6.10 Å². The summed E-state index contributed by atoms with van der Waals surface area (Å²) in [5, 5.41) is 9.58. The molecule has 1 aliphatic heterocycles. The van der Waals surface area contributed by atoms with Crippen LogP contribution in [0.25, 0.3) is 0 Å². The van der Waals surface area contributed by atoms with Crippen LogP contribution in [-0.4, -0.2) is 31.4 Å². The fraction of sp³-hybridized carbons (Fsp3) is 0.571. The number of β-amino-alcohol motifs (C(OH)–C–C–N with tert-alkyl or cyclic N) is 1. The second kappa shape index (κ2) is 4.96. The summed E-state index contributed by atoms with van der Waals surface area (Å²) >= 11 is 0. The first kappa shape index (κ1) is 12.2. The summed E-state index contributed by atoms with van der Waals surface area (Å²) in [5.74, 6) is 1.41. The zero-order valence-corrected chi connectivity index (χ0v) is 10.8. The lowest BCUT2D eigenvalue weighted by atomic mass is 10.0. The third-order valence-electron chi connectivity index (χ3n) is 3.37. The lowest BCUT2D eigenvalue weighted by Crippen LogP contribution is -2.21. The Hall–Kier alpha value is -1.22. The van der Waals surface area contributed by atoms with Gasteiger partial charge >= 0.3 is 0 Å². The fourth-order valence-electron chi connectivity index (χ4n) is 2.28. The molecule has 17 heavy (non-hydrogen) atoms. The molecule has 2 rings (SSSR count). The van der Waals surface area contributed by atoms with Crippen LogP contribution in [0.2, 0.25) is 0 Å². The maximum absolute atomic E-state index is 9.58. The first-order chi connectivity index (χ1) is 8.11. The summed E-state index contributed by atoms with van der Waals surface area (Å²) in [5.41, 5.74) is 2.37. The average Bonchev–Trinajstić information content (AvgIpc) is 2.74. The summed E-state index contributed by atoms with van der Waals surface area (Å²) < 4.78 is 5.46. The van der Waals surface area contributed by atoms with Crippen molar-refractivity contribution in [1.29, 1.82) is 0 Å². The second-order valence-corrected chi connectivity index (χ2v) is 4.97. The highest BCUT2D eigenvalue weighted by molar-refractivity contribution is 5.60. The Bertz CT molecular complexity index is 390. The van der Waals surface area contributed by atoms with E-state index in [0.29, 0.717) is 12.5 Å². The number of nitrogens with zero attached hydrogens (tertiary/aromatic N) is 1. The summed E-state index contributed by atoms with van der Waals surface area (Å²) in [6.07, 6.45) is 0.638. The van der Waals surface area contributed by atoms with Crippen molar-refractivity contribution in [2.75, 3.05) is 25.1 Å². The second-order valence-electron chi connectivity index (χ2n) is 4.97. The number of methoxy groups -OCH3 is 1. The first-order valence-corrected chi connectivity index (χ1v) is 6.22. The standard InChI is InChI=1S/C14H21NO2/c1-10(2)11-4-5-13(14(8-11)17-3)15-7-6-12(16)9-15/h4-5,8,10,12,16H,6-7,9H2,1-3H3/t12-/m1/s1. The third kappa shape index (κ3) is 2.55. The van der Waals surface area contributed by atoms with Crippen molar-refractivity contribution in [3.63, 3.8) is 0 Å². The number of aliphatic hydroxyl groups excluding tert-OH is 1. The van der Waals surface area contributed by atoms with E-state index < -0.39 is 0 Å². The van der Waals surface area contributed by atoms with Crippen molar-refractivity contribution >= 4 is 5.69 Å². The molecular formula is C14H21NO2. The molecule has 1 saturated heterocycles. The highest BCUT2D eigenvalue weighted by Crippen LogP contribution is 2.33. The number of anilines is 1. The van der Waals surface area contributed by atoms with Crippen LogP contribution in [0.5, 0.6) is 5.75 Å². The zero-order chi connectivity index (χ0) is 12.4. The predicted molar refractivity (Wildman–Crippen MR) is 69.9 cm³/mol. The van der Waals surface area contributed by atoms with Crippen LogP contribution < -0.4 is 9.64 Å². The smallest absolute Gasteiger partial charge is 0.142 e. The maximum atomic E-state index is 9.58. The fourth-order valence-corrected chi connectivity index (χ4v) is 2.28. The highest BCUT2D eigenvalue weighted by Gasteiger charge is 2.23. The summed E-state index contributed by atoms with van der Waals surface area (Å²) in [6, 6.07) is 6.35. The lowest BCUT2D eigenvalue weighted by molar-refractivity contribution is 0.198. The minimum atomic E-state index is -0.204. The quantitative estimate of drug-likeness (QED) is 0.873. The van der Waals surface area contributed by atoms with Gasteiger partial charge in [-0.3, -0.25) is 0 Å². The summed E-state index contributed by atoms with van der Waals surface area (Å²) in [6.45, 7) is 5.96. The van der Waals surface area contributed by atoms with Crippen molar-refractivity contribution in [3.05, 3.63) is 23.8 Å². The number of rotatable bonds is 3. The van der Waals surface area contributed by atoms with Gasteiger partial charge in [0.05, 0.1) is 18.9 Å².